The zero-order valence-corrected chi connectivity index (χ0v) is 27.9. The van der Waals surface area contributed by atoms with E-state index in [1.165, 1.54) is 33.5 Å². The number of epoxide rings is 1. The number of aliphatic hydroxyl groups is 6. The molecule has 4 fully saturated rings. The van der Waals surface area contributed by atoms with Crippen LogP contribution in [0.1, 0.15) is 72.0 Å². The second-order valence-corrected chi connectivity index (χ2v) is 15.0. The Labute approximate surface area is 277 Å². The van der Waals surface area contributed by atoms with Gasteiger partial charge in [-0.25, -0.2) is 4.79 Å². The van der Waals surface area contributed by atoms with Crippen molar-refractivity contribution in [2.75, 3.05) is 13.7 Å². The molecule has 1 aromatic rings. The molecule has 0 aromatic carbocycles. The molecule has 15 heteroatoms. The van der Waals surface area contributed by atoms with E-state index in [4.69, 9.17) is 23.4 Å². The number of methoxy groups -OCH3 is 1. The fourth-order valence-electron chi connectivity index (χ4n) is 9.77. The van der Waals surface area contributed by atoms with Crippen LogP contribution in [0.3, 0.4) is 0 Å². The highest BCUT2D eigenvalue weighted by Crippen LogP contribution is 2.77. The Bertz CT molecular complexity index is 1370. The average molecular weight is 685 g/mol. The number of carboxylic acids is 1. The summed E-state index contributed by atoms with van der Waals surface area (Å²) in [6, 6.07) is 1.55. The van der Waals surface area contributed by atoms with Crippen LogP contribution in [0.15, 0.2) is 23.0 Å². The number of aliphatic hydroxyl groups excluding tert-OH is 5. The van der Waals surface area contributed by atoms with Gasteiger partial charge in [0.15, 0.2) is 12.4 Å². The van der Waals surface area contributed by atoms with Gasteiger partial charge in [0.05, 0.1) is 55.9 Å². The van der Waals surface area contributed by atoms with Crippen LogP contribution in [0, 0.1) is 28.1 Å². The fraction of sp³-hybridized carbons (Fsp3) is 0.788. The number of carboxylic acid groups (broad SMARTS) is 1. The third-order valence-corrected chi connectivity index (χ3v) is 12.3. The highest BCUT2D eigenvalue weighted by atomic mass is 16.7. The largest absolute Gasteiger partial charge is 0.479 e. The summed E-state index contributed by atoms with van der Waals surface area (Å²) in [5, 5.41) is 75.2. The van der Waals surface area contributed by atoms with Crippen LogP contribution in [0.25, 0.3) is 0 Å². The van der Waals surface area contributed by atoms with Gasteiger partial charge in [-0.05, 0) is 45.6 Å². The number of aliphatic carboxylic acids is 1. The van der Waals surface area contributed by atoms with Crippen molar-refractivity contribution in [1.82, 2.24) is 0 Å². The number of hydrogen-bond donors (Lipinski definition) is 7. The molecular formula is C33H48O15. The lowest BCUT2D eigenvalue weighted by Crippen LogP contribution is -2.72. The first-order valence-corrected chi connectivity index (χ1v) is 16.2. The summed E-state index contributed by atoms with van der Waals surface area (Å²) >= 11 is 0. The van der Waals surface area contributed by atoms with Crippen LogP contribution >= 0.6 is 0 Å². The molecule has 0 amide bonds. The normalized spacial score (nSPS) is 44.1. The second-order valence-electron chi connectivity index (χ2n) is 15.0. The van der Waals surface area contributed by atoms with Crippen LogP contribution in [0.2, 0.25) is 0 Å². The summed E-state index contributed by atoms with van der Waals surface area (Å²) in [5.74, 6) is -4.14. The van der Waals surface area contributed by atoms with E-state index < -0.39 is 119 Å². The molecule has 3 heterocycles. The average Bonchev–Trinajstić information content (AvgIpc) is 3.59. The number of carbonyl (C=O) groups excluding carboxylic acids is 2. The van der Waals surface area contributed by atoms with Gasteiger partial charge < -0.3 is 59.1 Å². The van der Waals surface area contributed by atoms with Crippen molar-refractivity contribution in [3.8, 4) is 0 Å². The molecule has 2 saturated carbocycles. The van der Waals surface area contributed by atoms with Crippen LogP contribution in [-0.2, 0) is 33.3 Å². The molecule has 5 rings (SSSR count). The van der Waals surface area contributed by atoms with Gasteiger partial charge in [-0.15, -0.1) is 0 Å². The number of ketones is 1. The quantitative estimate of drug-likeness (QED) is 0.127. The fourth-order valence-corrected chi connectivity index (χ4v) is 9.77. The first kappa shape index (κ1) is 36.8. The maximum Gasteiger partial charge on any atom is 0.335 e. The molecule has 48 heavy (non-hydrogen) atoms. The SMILES string of the molecule is COC(=O)C[C@H](O)[C@]1(C)[C@H]2CC[C@@](C)([C@@H](O[C@@H]3O[C@H](CO)[C@@H](O)[C@H](O)[C@H]3O)c3ccoc3)[C@@]3(O[C@H]3C(=O)O)[C@]2(C)C(=O)C[C@H]1C(C)(C)O. The number of rotatable bonds is 10. The first-order valence-electron chi connectivity index (χ1n) is 16.2. The van der Waals surface area contributed by atoms with Gasteiger partial charge in [0.25, 0.3) is 0 Å². The van der Waals surface area contributed by atoms with E-state index in [1.807, 2.05) is 0 Å². The highest BCUT2D eigenvalue weighted by molar-refractivity contribution is 5.92. The summed E-state index contributed by atoms with van der Waals surface area (Å²) in [7, 11) is 1.18. The molecular weight excluding hydrogens is 636 g/mol. The number of carbonyl (C=O) groups is 3. The van der Waals surface area contributed by atoms with Crippen LogP contribution in [0.5, 0.6) is 0 Å². The summed E-state index contributed by atoms with van der Waals surface area (Å²) in [5.41, 5.74) is -7.33. The maximum absolute atomic E-state index is 14.6. The summed E-state index contributed by atoms with van der Waals surface area (Å²) in [4.78, 5) is 40.0. The molecule has 4 aliphatic rings. The standard InChI is InChI=1S/C33H48O15/c1-29(2,43)18-11-20(36)32(5)17(31(18,4)19(35)12-21(37)44-6)7-9-30(3,33(32)26(48-33)27(41)42)25(15-8-10-45-14-15)47-28-24(40)23(39)22(38)16(13-34)46-28/h8,10,14,16-19,22-26,28,34-35,38-40,43H,7,9,11-13H2,1-6H3,(H,41,42)/t16-,17-,18+,19+,22-,23+,24-,25+,26+,28+,30+,31-,32+,33-/m1/s1. The molecule has 7 N–H and O–H groups in total. The molecule has 14 atom stereocenters. The summed E-state index contributed by atoms with van der Waals surface area (Å²) < 4.78 is 28.5. The Morgan fingerprint density at radius 1 is 1.12 bits per heavy atom. The minimum Gasteiger partial charge on any atom is -0.479 e. The molecule has 2 aliphatic heterocycles. The number of Topliss-reactive ketones (excluding diaryl/α,β-unsaturated/α-hetero) is 1. The smallest absolute Gasteiger partial charge is 0.335 e. The van der Waals surface area contributed by atoms with Crippen molar-refractivity contribution in [3.63, 3.8) is 0 Å². The Morgan fingerprint density at radius 2 is 1.79 bits per heavy atom. The molecule has 15 nitrogen and oxygen atoms in total. The lowest BCUT2D eigenvalue weighted by molar-refractivity contribution is -0.328. The van der Waals surface area contributed by atoms with E-state index >= 15 is 0 Å². The van der Waals surface area contributed by atoms with Crippen LogP contribution in [-0.4, -0.2) is 121 Å². The van der Waals surface area contributed by atoms with E-state index in [9.17, 15) is 50.1 Å². The Hall–Kier alpha value is -2.47. The predicted molar refractivity (Wildman–Crippen MR) is 161 cm³/mol. The molecule has 2 saturated heterocycles. The monoisotopic (exact) mass is 684 g/mol. The molecule has 0 radical (unpaired) electrons. The Kier molecular flexibility index (Phi) is 9.50. The second kappa shape index (κ2) is 12.4. The van der Waals surface area contributed by atoms with Crippen molar-refractivity contribution in [1.29, 1.82) is 0 Å². The lowest BCUT2D eigenvalue weighted by Gasteiger charge is -2.66. The third kappa shape index (κ3) is 5.16. The maximum atomic E-state index is 14.6. The topological polar surface area (TPSA) is 246 Å². The zero-order chi connectivity index (χ0) is 35.8. The summed E-state index contributed by atoms with van der Waals surface area (Å²) in [6.07, 6.45) is -10.0. The number of furan rings is 1. The molecule has 0 bridgehead atoms. The number of fused-ring (bicyclic) bond motifs is 2. The minimum atomic E-state index is -1.81. The highest BCUT2D eigenvalue weighted by Gasteiger charge is 2.86. The number of ether oxygens (including phenoxy) is 4. The van der Waals surface area contributed by atoms with Crippen LogP contribution in [0.4, 0.5) is 0 Å². The van der Waals surface area contributed by atoms with Crippen molar-refractivity contribution in [2.24, 2.45) is 28.1 Å². The number of hydrogen-bond acceptors (Lipinski definition) is 14. The summed E-state index contributed by atoms with van der Waals surface area (Å²) in [6.45, 7) is 7.33. The van der Waals surface area contributed by atoms with Gasteiger partial charge in [-0.2, -0.15) is 0 Å². The zero-order valence-electron chi connectivity index (χ0n) is 27.9. The predicted octanol–water partition coefficient (Wildman–Crippen LogP) is 0.0722. The van der Waals surface area contributed by atoms with E-state index in [0.29, 0.717) is 5.56 Å². The molecule has 1 spiro atoms. The minimum absolute atomic E-state index is 0.108. The van der Waals surface area contributed by atoms with Gasteiger partial charge in [-0.1, -0.05) is 13.8 Å². The molecule has 2 aliphatic carbocycles. The Balaban J connectivity index is 1.67. The van der Waals surface area contributed by atoms with Gasteiger partial charge in [0.1, 0.15) is 35.8 Å². The van der Waals surface area contributed by atoms with E-state index in [-0.39, 0.29) is 19.3 Å². The Morgan fingerprint density at radius 3 is 2.31 bits per heavy atom. The number of esters is 1. The van der Waals surface area contributed by atoms with E-state index in [2.05, 4.69) is 0 Å². The van der Waals surface area contributed by atoms with E-state index in [0.717, 1.165) is 0 Å². The van der Waals surface area contributed by atoms with Crippen LogP contribution < -0.4 is 0 Å². The lowest BCUT2D eigenvalue weighted by atomic mass is 9.37. The van der Waals surface area contributed by atoms with Crippen molar-refractivity contribution < 1.29 is 73.5 Å². The van der Waals surface area contributed by atoms with Gasteiger partial charge in [0, 0.05) is 28.7 Å². The van der Waals surface area contributed by atoms with E-state index in [1.54, 1.807) is 26.8 Å². The van der Waals surface area contributed by atoms with Gasteiger partial charge in [-0.3, -0.25) is 9.59 Å². The van der Waals surface area contributed by atoms with Crippen molar-refractivity contribution in [2.45, 2.75) is 121 Å². The van der Waals surface area contributed by atoms with Crippen molar-refractivity contribution >= 4 is 17.7 Å². The third-order valence-electron chi connectivity index (χ3n) is 12.3. The molecule has 0 unspecified atom stereocenters. The van der Waals surface area contributed by atoms with Gasteiger partial charge in [0.2, 0.25) is 0 Å². The first-order chi connectivity index (χ1) is 22.3. The molecule has 270 valence electrons. The molecule has 1 aromatic heterocycles. The van der Waals surface area contributed by atoms with Crippen molar-refractivity contribution in [3.05, 3.63) is 24.2 Å². The van der Waals surface area contributed by atoms with Gasteiger partial charge >= 0.3 is 11.9 Å².